The SMILES string of the molecule is CCOC(=O)CC1(C(C#N)c2cccc3c2OCC3)CCN(C(=O)[C@](OC)(c2ccccc2)C(F)(F)F)CC1. The van der Waals surface area contributed by atoms with Crippen molar-refractivity contribution in [2.24, 2.45) is 5.41 Å². The maximum absolute atomic E-state index is 14.5. The average Bonchev–Trinajstić information content (AvgIpc) is 3.40. The zero-order chi connectivity index (χ0) is 28.3. The van der Waals surface area contributed by atoms with E-state index in [-0.39, 0.29) is 44.5 Å². The van der Waals surface area contributed by atoms with Crippen LogP contribution in [0.1, 0.15) is 48.8 Å². The molecule has 10 heteroatoms. The molecular weight excluding hydrogens is 513 g/mol. The Morgan fingerprint density at radius 2 is 1.82 bits per heavy atom. The first-order valence-corrected chi connectivity index (χ1v) is 12.9. The summed E-state index contributed by atoms with van der Waals surface area (Å²) in [5.74, 6) is -1.91. The minimum absolute atomic E-state index is 0.0969. The Labute approximate surface area is 225 Å². The fraction of sp³-hybridized carbons (Fsp3) is 0.483. The van der Waals surface area contributed by atoms with Gasteiger partial charge in [0.15, 0.2) is 0 Å². The third-order valence-electron chi connectivity index (χ3n) is 7.83. The van der Waals surface area contributed by atoms with Gasteiger partial charge in [-0.05, 0) is 25.3 Å². The van der Waals surface area contributed by atoms with E-state index in [1.165, 1.54) is 24.3 Å². The van der Waals surface area contributed by atoms with Gasteiger partial charge >= 0.3 is 12.1 Å². The molecule has 2 aliphatic rings. The smallest absolute Gasteiger partial charge is 0.430 e. The van der Waals surface area contributed by atoms with Crippen LogP contribution in [-0.4, -0.2) is 56.4 Å². The number of alkyl halides is 3. The van der Waals surface area contributed by atoms with Crippen LogP contribution in [0.2, 0.25) is 0 Å². The van der Waals surface area contributed by atoms with Crippen molar-refractivity contribution in [1.82, 2.24) is 4.90 Å². The summed E-state index contributed by atoms with van der Waals surface area (Å²) in [6, 6.07) is 14.7. The second-order valence-electron chi connectivity index (χ2n) is 9.88. The molecule has 0 radical (unpaired) electrons. The third-order valence-corrected chi connectivity index (χ3v) is 7.83. The molecule has 4 rings (SSSR count). The van der Waals surface area contributed by atoms with E-state index in [4.69, 9.17) is 14.2 Å². The van der Waals surface area contributed by atoms with Crippen LogP contribution in [0.5, 0.6) is 5.75 Å². The lowest BCUT2D eigenvalue weighted by Crippen LogP contribution is -2.59. The van der Waals surface area contributed by atoms with Gasteiger partial charge in [-0.2, -0.15) is 18.4 Å². The summed E-state index contributed by atoms with van der Waals surface area (Å²) < 4.78 is 59.6. The summed E-state index contributed by atoms with van der Waals surface area (Å²) in [5, 5.41) is 10.4. The first-order valence-electron chi connectivity index (χ1n) is 12.9. The summed E-state index contributed by atoms with van der Waals surface area (Å²) in [5.41, 5.74) is -2.87. The molecular formula is C29H31F3N2O5. The Kier molecular flexibility index (Phi) is 8.21. The first-order chi connectivity index (χ1) is 18.6. The summed E-state index contributed by atoms with van der Waals surface area (Å²) in [4.78, 5) is 27.4. The molecule has 39 heavy (non-hydrogen) atoms. The van der Waals surface area contributed by atoms with Gasteiger partial charge in [-0.1, -0.05) is 48.5 Å². The lowest BCUT2D eigenvalue weighted by molar-refractivity contribution is -0.271. The van der Waals surface area contributed by atoms with Crippen molar-refractivity contribution in [2.45, 2.75) is 50.3 Å². The van der Waals surface area contributed by atoms with E-state index < -0.39 is 35.0 Å². The number of piperidine rings is 1. The Morgan fingerprint density at radius 1 is 1.13 bits per heavy atom. The fourth-order valence-electron chi connectivity index (χ4n) is 5.85. The molecule has 0 N–H and O–H groups in total. The van der Waals surface area contributed by atoms with Crippen molar-refractivity contribution in [3.8, 4) is 11.8 Å². The van der Waals surface area contributed by atoms with Crippen LogP contribution in [0.15, 0.2) is 48.5 Å². The van der Waals surface area contributed by atoms with Gasteiger partial charge in [0.05, 0.1) is 31.6 Å². The van der Waals surface area contributed by atoms with Crippen LogP contribution < -0.4 is 4.74 Å². The summed E-state index contributed by atoms with van der Waals surface area (Å²) in [6.07, 6.45) is -4.21. The van der Waals surface area contributed by atoms with Crippen LogP contribution in [0, 0.1) is 16.7 Å². The number of para-hydroxylation sites is 1. The number of nitriles is 1. The van der Waals surface area contributed by atoms with Gasteiger partial charge in [0.2, 0.25) is 0 Å². The summed E-state index contributed by atoms with van der Waals surface area (Å²) >= 11 is 0. The molecule has 1 unspecified atom stereocenters. The number of esters is 1. The van der Waals surface area contributed by atoms with Gasteiger partial charge < -0.3 is 19.1 Å². The van der Waals surface area contributed by atoms with E-state index in [1.54, 1.807) is 19.1 Å². The van der Waals surface area contributed by atoms with Gasteiger partial charge in [-0.15, -0.1) is 0 Å². The molecule has 2 aliphatic heterocycles. The van der Waals surface area contributed by atoms with Crippen molar-refractivity contribution in [2.75, 3.05) is 33.4 Å². The Morgan fingerprint density at radius 3 is 2.41 bits per heavy atom. The Bertz CT molecular complexity index is 1240. The van der Waals surface area contributed by atoms with E-state index in [0.29, 0.717) is 24.3 Å². The van der Waals surface area contributed by atoms with Crippen LogP contribution in [0.3, 0.4) is 0 Å². The predicted octanol–water partition coefficient (Wildman–Crippen LogP) is 4.89. The number of benzene rings is 2. The average molecular weight is 545 g/mol. The van der Waals surface area contributed by atoms with E-state index >= 15 is 0 Å². The number of ether oxygens (including phenoxy) is 3. The van der Waals surface area contributed by atoms with Crippen LogP contribution in [-0.2, 0) is 31.1 Å². The monoisotopic (exact) mass is 544 g/mol. The zero-order valence-electron chi connectivity index (χ0n) is 21.9. The number of methoxy groups -OCH3 is 1. The van der Waals surface area contributed by atoms with Gasteiger partial charge in [0, 0.05) is 43.2 Å². The first kappa shape index (κ1) is 28.4. The lowest BCUT2D eigenvalue weighted by Gasteiger charge is -2.46. The van der Waals surface area contributed by atoms with E-state index in [0.717, 1.165) is 17.6 Å². The molecule has 0 bridgehead atoms. The fourth-order valence-corrected chi connectivity index (χ4v) is 5.85. The molecule has 0 aliphatic carbocycles. The molecule has 0 aromatic heterocycles. The molecule has 1 fully saturated rings. The van der Waals surface area contributed by atoms with Crippen molar-refractivity contribution in [1.29, 1.82) is 5.26 Å². The maximum Gasteiger partial charge on any atom is 0.430 e. The molecule has 2 heterocycles. The molecule has 2 aromatic rings. The van der Waals surface area contributed by atoms with Crippen molar-refractivity contribution in [3.63, 3.8) is 0 Å². The minimum atomic E-state index is -5.03. The van der Waals surface area contributed by atoms with E-state index in [2.05, 4.69) is 6.07 Å². The highest BCUT2D eigenvalue weighted by molar-refractivity contribution is 5.88. The molecule has 1 saturated heterocycles. The van der Waals surface area contributed by atoms with Gasteiger partial charge in [0.1, 0.15) is 5.75 Å². The quantitative estimate of drug-likeness (QED) is 0.440. The number of amides is 1. The minimum Gasteiger partial charge on any atom is -0.493 e. The Balaban J connectivity index is 1.68. The number of halogens is 3. The van der Waals surface area contributed by atoms with Crippen molar-refractivity contribution < 1.29 is 37.0 Å². The van der Waals surface area contributed by atoms with E-state index in [1.807, 2.05) is 12.1 Å². The molecule has 208 valence electrons. The normalized spacial score (nSPS) is 18.7. The molecule has 2 aromatic carbocycles. The number of rotatable bonds is 8. The molecule has 7 nitrogen and oxygen atoms in total. The predicted molar refractivity (Wildman–Crippen MR) is 135 cm³/mol. The number of carbonyl (C=O) groups is 2. The van der Waals surface area contributed by atoms with Gasteiger partial charge in [0.25, 0.3) is 11.5 Å². The Hall–Kier alpha value is -3.58. The lowest BCUT2D eigenvalue weighted by atomic mass is 9.64. The maximum atomic E-state index is 14.5. The molecule has 1 amide bonds. The standard InChI is InChI=1S/C29H31F3N2O5/c1-3-38-24(35)18-27(23(19-33)22-11-7-8-20-12-17-39-25(20)22)13-15-34(16-14-27)26(36)28(37-2,29(30,31)32)21-9-5-4-6-10-21/h4-11,23H,3,12-18H2,1-2H3/t23?,28-/m1/s1. The van der Waals surface area contributed by atoms with E-state index in [9.17, 15) is 28.0 Å². The third kappa shape index (κ3) is 5.08. The number of likely N-dealkylation sites (tertiary alicyclic amines) is 1. The van der Waals surface area contributed by atoms with Crippen molar-refractivity contribution >= 4 is 11.9 Å². The number of hydrogen-bond donors (Lipinski definition) is 0. The second kappa shape index (κ2) is 11.3. The highest BCUT2D eigenvalue weighted by Crippen LogP contribution is 2.51. The van der Waals surface area contributed by atoms with Crippen LogP contribution >= 0.6 is 0 Å². The number of hydrogen-bond acceptors (Lipinski definition) is 6. The summed E-state index contributed by atoms with van der Waals surface area (Å²) in [6.45, 7) is 2.12. The highest BCUT2D eigenvalue weighted by Gasteiger charge is 2.64. The molecule has 0 saturated carbocycles. The van der Waals surface area contributed by atoms with Gasteiger partial charge in [-0.3, -0.25) is 9.59 Å². The highest BCUT2D eigenvalue weighted by atomic mass is 19.4. The second-order valence-corrected chi connectivity index (χ2v) is 9.88. The number of carbonyl (C=O) groups excluding carboxylic acids is 2. The largest absolute Gasteiger partial charge is 0.493 e. The van der Waals surface area contributed by atoms with Crippen LogP contribution in [0.4, 0.5) is 13.2 Å². The molecule has 0 spiro atoms. The molecule has 2 atom stereocenters. The van der Waals surface area contributed by atoms with Crippen molar-refractivity contribution in [3.05, 3.63) is 65.2 Å². The van der Waals surface area contributed by atoms with Crippen LogP contribution in [0.25, 0.3) is 0 Å². The topological polar surface area (TPSA) is 88.9 Å². The summed E-state index contributed by atoms with van der Waals surface area (Å²) in [7, 11) is 0.870. The number of fused-ring (bicyclic) bond motifs is 1. The zero-order valence-corrected chi connectivity index (χ0v) is 21.9. The number of nitrogens with zero attached hydrogens (tertiary/aromatic N) is 2. The van der Waals surface area contributed by atoms with Gasteiger partial charge in [-0.25, -0.2) is 0 Å².